The maximum atomic E-state index is 12.5. The minimum absolute atomic E-state index is 0.325. The number of nitrogens with one attached hydrogen (secondary N) is 1. The Balaban J connectivity index is 2.59. The van der Waals surface area contributed by atoms with Gasteiger partial charge in [0.15, 0.2) is 0 Å². The molecule has 6 heteroatoms. The summed E-state index contributed by atoms with van der Waals surface area (Å²) in [6, 6.07) is 7.45. The minimum atomic E-state index is -0.506. The Morgan fingerprint density at radius 1 is 1.13 bits per heavy atom. The fraction of sp³-hybridized carbons (Fsp3) is 0.625. The smallest absolute Gasteiger partial charge is 0.412 e. The summed E-state index contributed by atoms with van der Waals surface area (Å²) in [5.41, 5.74) is 0.615. The van der Waals surface area contributed by atoms with Gasteiger partial charge in [-0.3, -0.25) is 5.32 Å². The van der Waals surface area contributed by atoms with Crippen molar-refractivity contribution in [2.45, 2.75) is 59.0 Å². The summed E-state index contributed by atoms with van der Waals surface area (Å²) >= 11 is 0. The van der Waals surface area contributed by atoms with Crippen molar-refractivity contribution in [3.8, 4) is 5.75 Å². The molecular formula is C24H40N2O4. The summed E-state index contributed by atoms with van der Waals surface area (Å²) in [5, 5.41) is 2.82. The Kier molecular flexibility index (Phi) is 14.5. The fourth-order valence-corrected chi connectivity index (χ4v) is 3.05. The van der Waals surface area contributed by atoms with Crippen LogP contribution in [0.4, 0.5) is 10.5 Å². The maximum Gasteiger partial charge on any atom is 0.412 e. The van der Waals surface area contributed by atoms with Crippen molar-refractivity contribution in [3.63, 3.8) is 0 Å². The highest BCUT2D eigenvalue weighted by Crippen LogP contribution is 2.24. The summed E-state index contributed by atoms with van der Waals surface area (Å²) < 4.78 is 17.1. The van der Waals surface area contributed by atoms with Gasteiger partial charge in [-0.05, 0) is 31.6 Å². The number of unbranched alkanes of at least 4 members (excludes halogenated alkanes) is 4. The van der Waals surface area contributed by atoms with Gasteiger partial charge in [0.25, 0.3) is 0 Å². The van der Waals surface area contributed by atoms with E-state index in [0.717, 1.165) is 25.9 Å². The number of rotatable bonds is 17. The molecule has 1 amide bonds. The number of likely N-dealkylation sites (N-methyl/N-ethyl adjacent to an activating group) is 1. The van der Waals surface area contributed by atoms with Crippen LogP contribution in [-0.4, -0.2) is 56.6 Å². The highest BCUT2D eigenvalue weighted by Gasteiger charge is 2.18. The normalized spacial score (nSPS) is 11.9. The Morgan fingerprint density at radius 3 is 2.57 bits per heavy atom. The molecule has 6 nitrogen and oxygen atoms in total. The minimum Gasteiger partial charge on any atom is -0.491 e. The monoisotopic (exact) mass is 420 g/mol. The molecule has 1 aromatic carbocycles. The SMILES string of the molecule is C=CCOCC(CN(CC)CC)OC(=O)Nc1ccccc1OCCCCCCC. The van der Waals surface area contributed by atoms with Crippen molar-refractivity contribution in [2.75, 3.05) is 44.8 Å². The molecule has 170 valence electrons. The number of hydrogen-bond acceptors (Lipinski definition) is 5. The van der Waals surface area contributed by atoms with E-state index in [4.69, 9.17) is 14.2 Å². The van der Waals surface area contributed by atoms with Gasteiger partial charge in [0.1, 0.15) is 11.9 Å². The predicted octanol–water partition coefficient (Wildman–Crippen LogP) is 5.50. The molecule has 0 aliphatic rings. The number of anilines is 1. The molecule has 0 saturated heterocycles. The van der Waals surface area contributed by atoms with E-state index in [2.05, 4.69) is 37.6 Å². The number of carbonyl (C=O) groups is 1. The van der Waals surface area contributed by atoms with Crippen molar-refractivity contribution < 1.29 is 19.0 Å². The maximum absolute atomic E-state index is 12.5. The van der Waals surface area contributed by atoms with Gasteiger partial charge in [0.05, 0.1) is 25.5 Å². The molecule has 0 heterocycles. The van der Waals surface area contributed by atoms with Crippen molar-refractivity contribution in [1.82, 2.24) is 4.90 Å². The third-order valence-electron chi connectivity index (χ3n) is 4.80. The molecule has 0 aliphatic carbocycles. The molecule has 0 fully saturated rings. The van der Waals surface area contributed by atoms with Crippen LogP contribution in [0.2, 0.25) is 0 Å². The first-order valence-corrected chi connectivity index (χ1v) is 11.2. The summed E-state index contributed by atoms with van der Waals surface area (Å²) in [5.74, 6) is 0.660. The van der Waals surface area contributed by atoms with Crippen molar-refractivity contribution in [2.24, 2.45) is 0 Å². The van der Waals surface area contributed by atoms with Gasteiger partial charge in [0, 0.05) is 6.54 Å². The number of amides is 1. The van der Waals surface area contributed by atoms with Crippen LogP contribution in [0.5, 0.6) is 5.75 Å². The molecule has 0 aromatic heterocycles. The Labute approximate surface area is 182 Å². The van der Waals surface area contributed by atoms with Crippen LogP contribution in [0.25, 0.3) is 0 Å². The molecule has 30 heavy (non-hydrogen) atoms. The third kappa shape index (κ3) is 11.2. The summed E-state index contributed by atoms with van der Waals surface area (Å²) in [7, 11) is 0. The lowest BCUT2D eigenvalue weighted by Crippen LogP contribution is -2.38. The van der Waals surface area contributed by atoms with E-state index >= 15 is 0 Å². The number of hydrogen-bond donors (Lipinski definition) is 1. The van der Waals surface area contributed by atoms with Crippen LogP contribution < -0.4 is 10.1 Å². The molecule has 1 atom stereocenters. The summed E-state index contributed by atoms with van der Waals surface area (Å²) in [6.07, 6.45) is 6.69. The largest absolute Gasteiger partial charge is 0.491 e. The Hall–Kier alpha value is -2.05. The predicted molar refractivity (Wildman–Crippen MR) is 123 cm³/mol. The van der Waals surface area contributed by atoms with Crippen LogP contribution in [0, 0.1) is 0 Å². The fourth-order valence-electron chi connectivity index (χ4n) is 3.05. The number of nitrogens with zero attached hydrogens (tertiary/aromatic N) is 1. The number of ether oxygens (including phenoxy) is 3. The quantitative estimate of drug-likeness (QED) is 0.266. The van der Waals surface area contributed by atoms with Gasteiger partial charge in [-0.1, -0.05) is 64.7 Å². The number of benzene rings is 1. The molecule has 1 rings (SSSR count). The molecule has 0 radical (unpaired) electrons. The zero-order chi connectivity index (χ0) is 22.0. The summed E-state index contributed by atoms with van der Waals surface area (Å²) in [4.78, 5) is 14.7. The average Bonchev–Trinajstić information content (AvgIpc) is 2.75. The van der Waals surface area contributed by atoms with Crippen LogP contribution >= 0.6 is 0 Å². The van der Waals surface area contributed by atoms with E-state index in [0.29, 0.717) is 37.8 Å². The van der Waals surface area contributed by atoms with Gasteiger partial charge < -0.3 is 19.1 Å². The van der Waals surface area contributed by atoms with Gasteiger partial charge in [0.2, 0.25) is 0 Å². The molecule has 0 spiro atoms. The lowest BCUT2D eigenvalue weighted by atomic mass is 10.2. The number of para-hydroxylation sites is 2. The first kappa shape index (κ1) is 26.0. The van der Waals surface area contributed by atoms with Crippen LogP contribution in [0.1, 0.15) is 52.9 Å². The van der Waals surface area contributed by atoms with Gasteiger partial charge in [-0.25, -0.2) is 4.79 Å². The van der Waals surface area contributed by atoms with E-state index in [1.54, 1.807) is 6.08 Å². The molecule has 0 saturated carbocycles. The van der Waals surface area contributed by atoms with Crippen molar-refractivity contribution in [3.05, 3.63) is 36.9 Å². The average molecular weight is 421 g/mol. The zero-order valence-corrected chi connectivity index (χ0v) is 19.0. The highest BCUT2D eigenvalue weighted by atomic mass is 16.6. The first-order chi connectivity index (χ1) is 14.6. The van der Waals surface area contributed by atoms with E-state index in [9.17, 15) is 4.79 Å². The third-order valence-corrected chi connectivity index (χ3v) is 4.80. The lowest BCUT2D eigenvalue weighted by molar-refractivity contribution is 0.0168. The van der Waals surface area contributed by atoms with Crippen LogP contribution in [0.3, 0.4) is 0 Å². The molecule has 1 N–H and O–H groups in total. The van der Waals surface area contributed by atoms with E-state index in [1.165, 1.54) is 19.3 Å². The Bertz CT molecular complexity index is 590. The second-order valence-electron chi connectivity index (χ2n) is 7.22. The molecular weight excluding hydrogens is 380 g/mol. The Morgan fingerprint density at radius 2 is 1.87 bits per heavy atom. The zero-order valence-electron chi connectivity index (χ0n) is 19.0. The first-order valence-electron chi connectivity index (χ1n) is 11.2. The van der Waals surface area contributed by atoms with Gasteiger partial charge >= 0.3 is 6.09 Å². The molecule has 0 aliphatic heterocycles. The van der Waals surface area contributed by atoms with E-state index in [-0.39, 0.29) is 6.10 Å². The second-order valence-corrected chi connectivity index (χ2v) is 7.22. The lowest BCUT2D eigenvalue weighted by Gasteiger charge is -2.25. The van der Waals surface area contributed by atoms with E-state index < -0.39 is 6.09 Å². The second kappa shape index (κ2) is 16.7. The number of carbonyl (C=O) groups excluding carboxylic acids is 1. The van der Waals surface area contributed by atoms with E-state index in [1.807, 2.05) is 24.3 Å². The molecule has 0 bridgehead atoms. The molecule has 1 unspecified atom stereocenters. The van der Waals surface area contributed by atoms with Crippen LogP contribution in [-0.2, 0) is 9.47 Å². The standard InChI is InChI=1S/C24H40N2O4/c1-5-9-10-11-14-18-29-23-16-13-12-15-22(23)25-24(27)30-21(20-28-17-6-2)19-26(7-3)8-4/h6,12-13,15-16,21H,2,5,7-11,14,17-20H2,1,3-4H3,(H,25,27). The molecule has 1 aromatic rings. The van der Waals surface area contributed by atoms with Crippen LogP contribution in [0.15, 0.2) is 36.9 Å². The highest BCUT2D eigenvalue weighted by molar-refractivity contribution is 5.86. The van der Waals surface area contributed by atoms with Gasteiger partial charge in [-0.2, -0.15) is 0 Å². The topological polar surface area (TPSA) is 60.0 Å². The van der Waals surface area contributed by atoms with Crippen molar-refractivity contribution >= 4 is 11.8 Å². The summed E-state index contributed by atoms with van der Waals surface area (Å²) in [6.45, 7) is 13.8. The van der Waals surface area contributed by atoms with Crippen molar-refractivity contribution in [1.29, 1.82) is 0 Å². The van der Waals surface area contributed by atoms with Gasteiger partial charge in [-0.15, -0.1) is 6.58 Å².